The van der Waals surface area contributed by atoms with Crippen molar-refractivity contribution in [3.8, 4) is 6.07 Å². The number of thiocarbonyl (C=S) groups is 1. The predicted octanol–water partition coefficient (Wildman–Crippen LogP) is 2.11. The summed E-state index contributed by atoms with van der Waals surface area (Å²) in [7, 11) is 0. The number of pyridine rings is 1. The SMILES string of the molecule is CCOC(=O)C1CCN(c2c(C=C3SC(=S)N(CC(=O)O)C3=O)c(C)c(C#N)c(=O)n2CC)CC1. The molecule has 2 fully saturated rings. The summed E-state index contributed by atoms with van der Waals surface area (Å²) in [5.74, 6) is -1.64. The van der Waals surface area contributed by atoms with Crippen molar-refractivity contribution in [3.63, 3.8) is 0 Å². The number of amides is 1. The molecule has 2 aliphatic heterocycles. The molecule has 3 rings (SSSR count). The number of esters is 1. The molecule has 0 spiro atoms. The van der Waals surface area contributed by atoms with Crippen LogP contribution in [0.3, 0.4) is 0 Å². The van der Waals surface area contributed by atoms with E-state index in [2.05, 4.69) is 0 Å². The van der Waals surface area contributed by atoms with E-state index in [1.165, 1.54) is 4.57 Å². The van der Waals surface area contributed by atoms with Gasteiger partial charge in [0.1, 0.15) is 28.3 Å². The number of hydrogen-bond acceptors (Lipinski definition) is 9. The lowest BCUT2D eigenvalue weighted by Gasteiger charge is -2.35. The Kier molecular flexibility index (Phi) is 8.34. The minimum absolute atomic E-state index is 0.0238. The van der Waals surface area contributed by atoms with Crippen molar-refractivity contribution in [2.75, 3.05) is 31.1 Å². The van der Waals surface area contributed by atoms with E-state index < -0.39 is 24.0 Å². The van der Waals surface area contributed by atoms with Gasteiger partial charge in [-0.15, -0.1) is 0 Å². The first kappa shape index (κ1) is 26.4. The third kappa shape index (κ3) is 5.26. The maximum Gasteiger partial charge on any atom is 0.323 e. The highest BCUT2D eigenvalue weighted by Gasteiger charge is 2.35. The zero-order valence-electron chi connectivity index (χ0n) is 19.7. The lowest BCUT2D eigenvalue weighted by Crippen LogP contribution is -2.41. The molecule has 1 amide bonds. The number of anilines is 1. The van der Waals surface area contributed by atoms with Crippen molar-refractivity contribution < 1.29 is 24.2 Å². The quantitative estimate of drug-likeness (QED) is 0.325. The molecule has 0 atom stereocenters. The van der Waals surface area contributed by atoms with Crippen molar-refractivity contribution in [2.45, 2.75) is 40.2 Å². The molecule has 1 N–H and O–H groups in total. The van der Waals surface area contributed by atoms with Crippen LogP contribution in [0.5, 0.6) is 0 Å². The molecular formula is C23H26N4O6S2. The first-order valence-corrected chi connectivity index (χ1v) is 12.4. The Labute approximate surface area is 212 Å². The molecule has 12 heteroatoms. The molecule has 1 aromatic heterocycles. The Bertz CT molecular complexity index is 1210. The second-order valence-corrected chi connectivity index (χ2v) is 9.75. The summed E-state index contributed by atoms with van der Waals surface area (Å²) in [5.41, 5.74) is 0.497. The van der Waals surface area contributed by atoms with Crippen LogP contribution in [0.15, 0.2) is 9.70 Å². The number of carbonyl (C=O) groups is 3. The third-order valence-electron chi connectivity index (χ3n) is 6.02. The molecule has 0 aliphatic carbocycles. The molecule has 3 heterocycles. The van der Waals surface area contributed by atoms with Crippen LogP contribution in [-0.2, 0) is 25.7 Å². The summed E-state index contributed by atoms with van der Waals surface area (Å²) in [6.07, 6.45) is 2.65. The molecule has 2 aliphatic rings. The standard InChI is InChI=1S/C23H26N4O6S2/c1-4-26-19(25-8-6-14(7-9-25)22(32)33-5-2)15(13(3)16(11-24)20(26)30)10-17-21(31)27(12-18(28)29)23(34)35-17/h10,14H,4-9,12H2,1-3H3,(H,28,29). The Morgan fingerprint density at radius 2 is 1.94 bits per heavy atom. The molecule has 10 nitrogen and oxygen atoms in total. The highest BCUT2D eigenvalue weighted by atomic mass is 32.2. The maximum absolute atomic E-state index is 13.1. The predicted molar refractivity (Wildman–Crippen MR) is 135 cm³/mol. The molecule has 2 saturated heterocycles. The Hall–Kier alpha value is -3.17. The zero-order chi connectivity index (χ0) is 25.9. The van der Waals surface area contributed by atoms with Crippen LogP contribution in [0.25, 0.3) is 6.08 Å². The fraction of sp³-hybridized carbons (Fsp3) is 0.478. The van der Waals surface area contributed by atoms with Gasteiger partial charge in [-0.25, -0.2) is 0 Å². The highest BCUT2D eigenvalue weighted by Crippen LogP contribution is 2.36. The number of carboxylic acid groups (broad SMARTS) is 1. The zero-order valence-corrected chi connectivity index (χ0v) is 21.3. The van der Waals surface area contributed by atoms with Crippen LogP contribution in [0.2, 0.25) is 0 Å². The van der Waals surface area contributed by atoms with Crippen molar-refractivity contribution >= 4 is 58.0 Å². The van der Waals surface area contributed by atoms with Crippen LogP contribution >= 0.6 is 24.0 Å². The number of aliphatic carboxylic acids is 1. The van der Waals surface area contributed by atoms with Crippen molar-refractivity contribution in [1.82, 2.24) is 9.47 Å². The summed E-state index contributed by atoms with van der Waals surface area (Å²) in [5, 5.41) is 18.8. The van der Waals surface area contributed by atoms with E-state index in [4.69, 9.17) is 22.1 Å². The largest absolute Gasteiger partial charge is 0.480 e. The van der Waals surface area contributed by atoms with Gasteiger partial charge < -0.3 is 14.7 Å². The Morgan fingerprint density at radius 3 is 2.49 bits per heavy atom. The third-order valence-corrected chi connectivity index (χ3v) is 7.40. The molecule has 1 aromatic rings. The number of nitriles is 1. The van der Waals surface area contributed by atoms with Gasteiger partial charge in [-0.05, 0) is 45.3 Å². The Balaban J connectivity index is 2.09. The number of thioether (sulfide) groups is 1. The lowest BCUT2D eigenvalue weighted by atomic mass is 9.95. The Morgan fingerprint density at radius 1 is 1.29 bits per heavy atom. The molecule has 0 unspecified atom stereocenters. The van der Waals surface area contributed by atoms with Crippen LogP contribution in [0.1, 0.15) is 43.4 Å². The molecular weight excluding hydrogens is 492 g/mol. The summed E-state index contributed by atoms with van der Waals surface area (Å²) in [6, 6.07) is 1.98. The molecule has 0 radical (unpaired) electrons. The van der Waals surface area contributed by atoms with Gasteiger partial charge in [0, 0.05) is 25.2 Å². The van der Waals surface area contributed by atoms with Gasteiger partial charge in [0.25, 0.3) is 11.5 Å². The number of carbonyl (C=O) groups excluding carboxylic acids is 2. The van der Waals surface area contributed by atoms with Gasteiger partial charge in [-0.1, -0.05) is 24.0 Å². The summed E-state index contributed by atoms with van der Waals surface area (Å²) < 4.78 is 6.78. The molecule has 0 saturated carbocycles. The lowest BCUT2D eigenvalue weighted by molar-refractivity contribution is -0.148. The van der Waals surface area contributed by atoms with Crippen LogP contribution in [0.4, 0.5) is 5.82 Å². The van der Waals surface area contributed by atoms with Gasteiger partial charge in [0.05, 0.1) is 17.4 Å². The normalized spacial score (nSPS) is 17.7. The fourth-order valence-corrected chi connectivity index (χ4v) is 5.50. The smallest absolute Gasteiger partial charge is 0.323 e. The minimum atomic E-state index is -1.19. The first-order chi connectivity index (χ1) is 16.6. The van der Waals surface area contributed by atoms with E-state index in [0.29, 0.717) is 56.0 Å². The van der Waals surface area contributed by atoms with Crippen LogP contribution in [-0.4, -0.2) is 63.0 Å². The first-order valence-electron chi connectivity index (χ1n) is 11.2. The number of nitrogens with zero attached hydrogens (tertiary/aromatic N) is 4. The van der Waals surface area contributed by atoms with Crippen molar-refractivity contribution in [2.24, 2.45) is 5.92 Å². The second kappa shape index (κ2) is 11.0. The monoisotopic (exact) mass is 518 g/mol. The fourth-order valence-electron chi connectivity index (χ4n) is 4.27. The summed E-state index contributed by atoms with van der Waals surface area (Å²) in [4.78, 5) is 52.5. The van der Waals surface area contributed by atoms with Crippen molar-refractivity contribution in [3.05, 3.63) is 31.9 Å². The van der Waals surface area contributed by atoms with Crippen LogP contribution in [0, 0.1) is 24.2 Å². The average molecular weight is 519 g/mol. The van der Waals surface area contributed by atoms with E-state index in [-0.39, 0.29) is 26.7 Å². The van der Waals surface area contributed by atoms with Gasteiger partial charge in [0.2, 0.25) is 0 Å². The van der Waals surface area contributed by atoms with E-state index in [1.54, 1.807) is 26.8 Å². The van der Waals surface area contributed by atoms with E-state index in [9.17, 15) is 24.4 Å². The number of aromatic nitrogens is 1. The number of carboxylic acids is 1. The minimum Gasteiger partial charge on any atom is -0.480 e. The number of rotatable bonds is 7. The van der Waals surface area contributed by atoms with Crippen LogP contribution < -0.4 is 10.5 Å². The van der Waals surface area contributed by atoms with Crippen molar-refractivity contribution in [1.29, 1.82) is 5.26 Å². The maximum atomic E-state index is 13.1. The van der Waals surface area contributed by atoms with Gasteiger partial charge in [-0.2, -0.15) is 5.26 Å². The highest BCUT2D eigenvalue weighted by molar-refractivity contribution is 8.26. The molecule has 35 heavy (non-hydrogen) atoms. The van der Waals surface area contributed by atoms with Gasteiger partial charge in [0.15, 0.2) is 0 Å². The van der Waals surface area contributed by atoms with Gasteiger partial charge in [-0.3, -0.25) is 28.6 Å². The molecule has 186 valence electrons. The average Bonchev–Trinajstić information content (AvgIpc) is 3.08. The number of ether oxygens (including phenoxy) is 1. The number of piperidine rings is 1. The topological polar surface area (TPSA) is 133 Å². The van der Waals surface area contributed by atoms with E-state index in [1.807, 2.05) is 11.0 Å². The molecule has 0 aromatic carbocycles. The van der Waals surface area contributed by atoms with Gasteiger partial charge >= 0.3 is 11.9 Å². The summed E-state index contributed by atoms with van der Waals surface area (Å²) in [6.45, 7) is 6.23. The van der Waals surface area contributed by atoms with E-state index >= 15 is 0 Å². The number of hydrogen-bond donors (Lipinski definition) is 1. The summed E-state index contributed by atoms with van der Waals surface area (Å²) >= 11 is 6.18. The molecule has 0 bridgehead atoms. The second-order valence-electron chi connectivity index (χ2n) is 8.07. The van der Waals surface area contributed by atoms with E-state index in [0.717, 1.165) is 16.7 Å².